The number of rotatable bonds is 4. The zero-order valence-corrected chi connectivity index (χ0v) is 8.55. The average molecular weight is 217 g/mol. The van der Waals surface area contributed by atoms with Crippen LogP contribution in [0.5, 0.6) is 0 Å². The molecule has 0 aliphatic heterocycles. The smallest absolute Gasteiger partial charge is 0.224 e. The summed E-state index contributed by atoms with van der Waals surface area (Å²) in [6.07, 6.45) is 5.08. The summed E-state index contributed by atoms with van der Waals surface area (Å²) in [5, 5.41) is 9.10. The predicted octanol–water partition coefficient (Wildman–Crippen LogP) is 0.0586. The molecule has 2 rings (SSSR count). The Hall–Kier alpha value is -2.24. The van der Waals surface area contributed by atoms with Gasteiger partial charge in [0.15, 0.2) is 0 Å². The Morgan fingerprint density at radius 2 is 2.19 bits per heavy atom. The summed E-state index contributed by atoms with van der Waals surface area (Å²) in [6, 6.07) is 3.63. The van der Waals surface area contributed by atoms with E-state index in [2.05, 4.69) is 25.5 Å². The number of aromatic amines is 1. The van der Waals surface area contributed by atoms with E-state index in [1.54, 1.807) is 12.4 Å². The topological polar surface area (TPSA) is 83.6 Å². The molecular formula is C10H11N5O. The molecule has 0 unspecified atom stereocenters. The molecule has 0 bridgehead atoms. The number of H-pyrrole nitrogens is 1. The van der Waals surface area contributed by atoms with Crippen LogP contribution in [0.3, 0.4) is 0 Å². The maximum atomic E-state index is 11.5. The molecule has 0 radical (unpaired) electrons. The van der Waals surface area contributed by atoms with Crippen molar-refractivity contribution >= 4 is 5.91 Å². The average Bonchev–Trinajstić information content (AvgIpc) is 2.81. The Morgan fingerprint density at radius 1 is 1.38 bits per heavy atom. The fraction of sp³-hybridized carbons (Fsp3) is 0.200. The van der Waals surface area contributed by atoms with Crippen LogP contribution in [0.2, 0.25) is 0 Å². The summed E-state index contributed by atoms with van der Waals surface area (Å²) in [5.74, 6) is 0.589. The molecule has 1 amide bonds. The lowest BCUT2D eigenvalue weighted by Gasteiger charge is -2.02. The van der Waals surface area contributed by atoms with Crippen LogP contribution >= 0.6 is 0 Å². The largest absolute Gasteiger partial charge is 0.349 e. The van der Waals surface area contributed by atoms with Crippen LogP contribution in [0.1, 0.15) is 11.4 Å². The number of hydrogen-bond acceptors (Lipinski definition) is 4. The third kappa shape index (κ3) is 2.88. The van der Waals surface area contributed by atoms with E-state index in [1.807, 2.05) is 12.1 Å². The van der Waals surface area contributed by atoms with Crippen LogP contribution in [-0.2, 0) is 17.8 Å². The molecule has 0 saturated heterocycles. The van der Waals surface area contributed by atoms with Crippen molar-refractivity contribution in [2.75, 3.05) is 0 Å². The second-order valence-electron chi connectivity index (χ2n) is 3.24. The summed E-state index contributed by atoms with van der Waals surface area (Å²) in [6.45, 7) is 0.365. The van der Waals surface area contributed by atoms with Gasteiger partial charge in [0.25, 0.3) is 0 Å². The van der Waals surface area contributed by atoms with Crippen LogP contribution in [0.15, 0.2) is 30.9 Å². The molecule has 0 aliphatic rings. The van der Waals surface area contributed by atoms with Gasteiger partial charge in [-0.3, -0.25) is 14.9 Å². The van der Waals surface area contributed by atoms with Crippen molar-refractivity contribution in [3.05, 3.63) is 42.2 Å². The van der Waals surface area contributed by atoms with Gasteiger partial charge >= 0.3 is 0 Å². The highest BCUT2D eigenvalue weighted by Crippen LogP contribution is 1.97. The minimum atomic E-state index is -0.0531. The van der Waals surface area contributed by atoms with E-state index in [-0.39, 0.29) is 5.91 Å². The number of nitrogens with zero attached hydrogens (tertiary/aromatic N) is 3. The monoisotopic (exact) mass is 217 g/mol. The standard InChI is InChI=1S/C10H11N5O/c16-10(5-8-1-3-11-4-2-8)12-6-9-13-7-14-15-9/h1-4,7H,5-6H2,(H,12,16)(H,13,14,15). The lowest BCUT2D eigenvalue weighted by Crippen LogP contribution is -2.25. The third-order valence-electron chi connectivity index (χ3n) is 2.03. The molecular weight excluding hydrogens is 206 g/mol. The molecule has 0 fully saturated rings. The normalized spacial score (nSPS) is 10.0. The summed E-state index contributed by atoms with van der Waals surface area (Å²) >= 11 is 0. The van der Waals surface area contributed by atoms with Crippen molar-refractivity contribution in [3.8, 4) is 0 Å². The van der Waals surface area contributed by atoms with E-state index in [9.17, 15) is 4.79 Å². The number of carbonyl (C=O) groups is 1. The van der Waals surface area contributed by atoms with Crippen molar-refractivity contribution in [2.24, 2.45) is 0 Å². The van der Waals surface area contributed by atoms with Gasteiger partial charge in [-0.25, -0.2) is 4.98 Å². The summed E-state index contributed by atoms with van der Waals surface area (Å²) < 4.78 is 0. The number of hydrogen-bond donors (Lipinski definition) is 2. The minimum Gasteiger partial charge on any atom is -0.349 e. The molecule has 2 heterocycles. The van der Waals surface area contributed by atoms with Crippen LogP contribution in [0, 0.1) is 0 Å². The third-order valence-corrected chi connectivity index (χ3v) is 2.03. The highest BCUT2D eigenvalue weighted by Gasteiger charge is 2.03. The van der Waals surface area contributed by atoms with E-state index in [0.717, 1.165) is 5.56 Å². The molecule has 0 aliphatic carbocycles. The Labute approximate surface area is 92.1 Å². The van der Waals surface area contributed by atoms with Gasteiger partial charge in [0.05, 0.1) is 13.0 Å². The Bertz CT molecular complexity index is 439. The molecule has 0 spiro atoms. The SMILES string of the molecule is O=C(Cc1ccncc1)NCc1ncn[nH]1. The Balaban J connectivity index is 1.81. The number of carbonyl (C=O) groups excluding carboxylic acids is 1. The van der Waals surface area contributed by atoms with Crippen LogP contribution in [-0.4, -0.2) is 26.1 Å². The second-order valence-corrected chi connectivity index (χ2v) is 3.24. The lowest BCUT2D eigenvalue weighted by atomic mass is 10.2. The molecule has 0 aromatic carbocycles. The first-order valence-electron chi connectivity index (χ1n) is 4.84. The van der Waals surface area contributed by atoms with E-state index in [0.29, 0.717) is 18.8 Å². The lowest BCUT2D eigenvalue weighted by molar-refractivity contribution is -0.120. The van der Waals surface area contributed by atoms with E-state index >= 15 is 0 Å². The Kier molecular flexibility index (Phi) is 3.22. The summed E-state index contributed by atoms with van der Waals surface area (Å²) in [5.41, 5.74) is 0.935. The molecule has 2 aromatic heterocycles. The van der Waals surface area contributed by atoms with E-state index in [1.165, 1.54) is 6.33 Å². The van der Waals surface area contributed by atoms with Crippen LogP contribution in [0.25, 0.3) is 0 Å². The van der Waals surface area contributed by atoms with Gasteiger partial charge in [-0.1, -0.05) is 0 Å². The molecule has 2 N–H and O–H groups in total. The summed E-state index contributed by atoms with van der Waals surface area (Å²) in [7, 11) is 0. The molecule has 0 atom stereocenters. The van der Waals surface area contributed by atoms with Gasteiger partial charge < -0.3 is 5.32 Å². The van der Waals surface area contributed by atoms with Crippen LogP contribution in [0.4, 0.5) is 0 Å². The molecule has 82 valence electrons. The number of amides is 1. The highest BCUT2D eigenvalue weighted by molar-refractivity contribution is 5.78. The zero-order chi connectivity index (χ0) is 11.2. The van der Waals surface area contributed by atoms with Gasteiger partial charge in [-0.2, -0.15) is 5.10 Å². The molecule has 6 nitrogen and oxygen atoms in total. The first-order chi connectivity index (χ1) is 7.84. The van der Waals surface area contributed by atoms with Gasteiger partial charge in [-0.05, 0) is 17.7 Å². The van der Waals surface area contributed by atoms with Gasteiger partial charge in [-0.15, -0.1) is 0 Å². The Morgan fingerprint density at radius 3 is 2.88 bits per heavy atom. The van der Waals surface area contributed by atoms with Gasteiger partial charge in [0, 0.05) is 12.4 Å². The second kappa shape index (κ2) is 5.01. The van der Waals surface area contributed by atoms with Crippen molar-refractivity contribution < 1.29 is 4.79 Å². The molecule has 6 heteroatoms. The molecule has 2 aromatic rings. The fourth-order valence-corrected chi connectivity index (χ4v) is 1.25. The fourth-order valence-electron chi connectivity index (χ4n) is 1.25. The van der Waals surface area contributed by atoms with Gasteiger partial charge in [0.2, 0.25) is 5.91 Å². The van der Waals surface area contributed by atoms with Crippen LogP contribution < -0.4 is 5.32 Å². The number of nitrogens with one attached hydrogen (secondary N) is 2. The number of pyridine rings is 1. The zero-order valence-electron chi connectivity index (χ0n) is 8.55. The maximum Gasteiger partial charge on any atom is 0.224 e. The summed E-state index contributed by atoms with van der Waals surface area (Å²) in [4.78, 5) is 19.3. The highest BCUT2D eigenvalue weighted by atomic mass is 16.1. The maximum absolute atomic E-state index is 11.5. The van der Waals surface area contributed by atoms with Crippen molar-refractivity contribution in [1.82, 2.24) is 25.5 Å². The van der Waals surface area contributed by atoms with Crippen molar-refractivity contribution in [3.63, 3.8) is 0 Å². The van der Waals surface area contributed by atoms with Gasteiger partial charge in [0.1, 0.15) is 12.2 Å². The quantitative estimate of drug-likeness (QED) is 0.758. The minimum absolute atomic E-state index is 0.0531. The molecule has 16 heavy (non-hydrogen) atoms. The van der Waals surface area contributed by atoms with E-state index in [4.69, 9.17) is 0 Å². The molecule has 0 saturated carbocycles. The predicted molar refractivity (Wildman–Crippen MR) is 56.2 cm³/mol. The van der Waals surface area contributed by atoms with Crippen molar-refractivity contribution in [2.45, 2.75) is 13.0 Å². The number of aromatic nitrogens is 4. The first-order valence-corrected chi connectivity index (χ1v) is 4.84. The van der Waals surface area contributed by atoms with E-state index < -0.39 is 0 Å². The van der Waals surface area contributed by atoms with Crippen molar-refractivity contribution in [1.29, 1.82) is 0 Å². The first kappa shape index (κ1) is 10.3.